The van der Waals surface area contributed by atoms with Crippen LogP contribution in [0.15, 0.2) is 24.3 Å². The molecule has 2 unspecified atom stereocenters. The molecule has 4 atom stereocenters. The summed E-state index contributed by atoms with van der Waals surface area (Å²) in [7, 11) is 3.91. The number of amides is 1. The molecule has 0 aromatic heterocycles. The van der Waals surface area contributed by atoms with Crippen molar-refractivity contribution in [1.29, 1.82) is 0 Å². The van der Waals surface area contributed by atoms with Crippen LogP contribution in [-0.2, 0) is 14.3 Å². The molecule has 0 aliphatic heterocycles. The smallest absolute Gasteiger partial charge is 0.306 e. The first-order valence-corrected chi connectivity index (χ1v) is 10.2. The molecule has 1 aromatic carbocycles. The molecule has 152 valence electrons. The van der Waals surface area contributed by atoms with Crippen molar-refractivity contribution in [3.63, 3.8) is 0 Å². The Kier molecular flexibility index (Phi) is 4.86. The summed E-state index contributed by atoms with van der Waals surface area (Å²) in [6, 6.07) is 7.48. The Labute approximate surface area is 166 Å². The molecule has 4 bridgehead atoms. The van der Waals surface area contributed by atoms with E-state index in [2.05, 4.69) is 5.32 Å². The van der Waals surface area contributed by atoms with Gasteiger partial charge in [-0.2, -0.15) is 0 Å². The third-order valence-electron chi connectivity index (χ3n) is 6.70. The number of esters is 1. The predicted octanol–water partition coefficient (Wildman–Crippen LogP) is 2.96. The van der Waals surface area contributed by atoms with E-state index in [1.807, 2.05) is 43.3 Å². The highest BCUT2D eigenvalue weighted by Crippen LogP contribution is 2.62. The summed E-state index contributed by atoms with van der Waals surface area (Å²) in [5.74, 6) is 0.402. The number of carbonyl (C=O) groups excluding carboxylic acids is 2. The lowest BCUT2D eigenvalue weighted by molar-refractivity contribution is -0.177. The second kappa shape index (κ2) is 7.07. The van der Waals surface area contributed by atoms with Crippen molar-refractivity contribution in [3.8, 4) is 0 Å². The first kappa shape index (κ1) is 19.2. The van der Waals surface area contributed by atoms with Gasteiger partial charge in [-0.05, 0) is 80.0 Å². The average Bonchev–Trinajstić information content (AvgIpc) is 2.58. The van der Waals surface area contributed by atoms with Crippen molar-refractivity contribution >= 4 is 23.3 Å². The molecule has 0 spiro atoms. The Bertz CT molecular complexity index is 744. The SMILES string of the molecule is CN(C)c1ccc(NC(=O)COC(=O)CC23C[C@@H]4C[C@@H](CC(O)(C4)C2)C3)cc1. The lowest BCUT2D eigenvalue weighted by atomic mass is 9.47. The van der Waals surface area contributed by atoms with Crippen molar-refractivity contribution in [2.75, 3.05) is 30.9 Å². The van der Waals surface area contributed by atoms with Gasteiger partial charge in [-0.25, -0.2) is 0 Å². The number of nitrogens with zero attached hydrogens (tertiary/aromatic N) is 1. The van der Waals surface area contributed by atoms with Gasteiger partial charge in [0.25, 0.3) is 5.91 Å². The van der Waals surface area contributed by atoms with Gasteiger partial charge in [0.2, 0.25) is 0 Å². The summed E-state index contributed by atoms with van der Waals surface area (Å²) in [5, 5.41) is 13.6. The molecule has 4 fully saturated rings. The Hall–Kier alpha value is -2.08. The van der Waals surface area contributed by atoms with Crippen molar-refractivity contribution in [2.45, 2.75) is 50.5 Å². The van der Waals surface area contributed by atoms with Gasteiger partial charge in [-0.15, -0.1) is 0 Å². The van der Waals surface area contributed by atoms with E-state index in [9.17, 15) is 14.7 Å². The van der Waals surface area contributed by atoms with Gasteiger partial charge in [-0.1, -0.05) is 0 Å². The van der Waals surface area contributed by atoms with Crippen molar-refractivity contribution in [1.82, 2.24) is 0 Å². The summed E-state index contributed by atoms with van der Waals surface area (Å²) >= 11 is 0. The second-order valence-electron chi connectivity index (χ2n) is 9.51. The van der Waals surface area contributed by atoms with Gasteiger partial charge in [-0.3, -0.25) is 9.59 Å². The molecule has 4 aliphatic carbocycles. The highest BCUT2D eigenvalue weighted by molar-refractivity contribution is 5.93. The Morgan fingerprint density at radius 1 is 1.14 bits per heavy atom. The topological polar surface area (TPSA) is 78.9 Å². The summed E-state index contributed by atoms with van der Waals surface area (Å²) in [6.07, 6.45) is 5.98. The Morgan fingerprint density at radius 3 is 2.36 bits per heavy atom. The zero-order chi connectivity index (χ0) is 19.9. The predicted molar refractivity (Wildman–Crippen MR) is 107 cm³/mol. The van der Waals surface area contributed by atoms with Crippen LogP contribution < -0.4 is 10.2 Å². The minimum absolute atomic E-state index is 0.131. The molecule has 28 heavy (non-hydrogen) atoms. The van der Waals surface area contributed by atoms with Crippen LogP contribution in [-0.4, -0.2) is 43.3 Å². The molecule has 4 saturated carbocycles. The van der Waals surface area contributed by atoms with Gasteiger partial charge >= 0.3 is 5.97 Å². The summed E-state index contributed by atoms with van der Waals surface area (Å²) in [5.41, 5.74) is 1.01. The van der Waals surface area contributed by atoms with E-state index in [0.29, 0.717) is 30.4 Å². The number of hydrogen-bond acceptors (Lipinski definition) is 5. The van der Waals surface area contributed by atoms with Crippen LogP contribution in [0.5, 0.6) is 0 Å². The van der Waals surface area contributed by atoms with Crippen LogP contribution in [0, 0.1) is 17.3 Å². The summed E-state index contributed by atoms with van der Waals surface area (Å²) < 4.78 is 5.27. The van der Waals surface area contributed by atoms with Gasteiger partial charge < -0.3 is 20.1 Å². The number of rotatable bonds is 6. The van der Waals surface area contributed by atoms with E-state index in [1.54, 1.807) is 0 Å². The van der Waals surface area contributed by atoms with E-state index >= 15 is 0 Å². The second-order valence-corrected chi connectivity index (χ2v) is 9.51. The summed E-state index contributed by atoms with van der Waals surface area (Å²) in [4.78, 5) is 26.5. The first-order chi connectivity index (χ1) is 13.2. The molecular weight excluding hydrogens is 356 g/mol. The monoisotopic (exact) mass is 386 g/mol. The summed E-state index contributed by atoms with van der Waals surface area (Å²) in [6.45, 7) is -0.276. The fraction of sp³-hybridized carbons (Fsp3) is 0.636. The molecule has 4 aliphatic rings. The van der Waals surface area contributed by atoms with Gasteiger partial charge in [0.05, 0.1) is 12.0 Å². The number of aliphatic hydroxyl groups is 1. The Morgan fingerprint density at radius 2 is 1.79 bits per heavy atom. The Balaban J connectivity index is 1.27. The zero-order valence-electron chi connectivity index (χ0n) is 16.7. The molecular formula is C22H30N2O4. The maximum absolute atomic E-state index is 12.4. The number of hydrogen-bond donors (Lipinski definition) is 2. The molecule has 1 aromatic rings. The lowest BCUT2D eigenvalue weighted by Gasteiger charge is -2.60. The minimum Gasteiger partial charge on any atom is -0.456 e. The molecule has 6 nitrogen and oxygen atoms in total. The third kappa shape index (κ3) is 4.02. The van der Waals surface area contributed by atoms with Crippen molar-refractivity contribution in [3.05, 3.63) is 24.3 Å². The van der Waals surface area contributed by atoms with Crippen LogP contribution >= 0.6 is 0 Å². The number of ether oxygens (including phenoxy) is 1. The maximum atomic E-state index is 12.4. The maximum Gasteiger partial charge on any atom is 0.306 e. The number of benzene rings is 1. The van der Waals surface area contributed by atoms with E-state index in [4.69, 9.17) is 4.74 Å². The molecule has 0 radical (unpaired) electrons. The van der Waals surface area contributed by atoms with Crippen LogP contribution in [0.25, 0.3) is 0 Å². The standard InChI is InChI=1S/C22H30N2O4/c1-24(2)18-5-3-17(4-6-18)23-19(25)13-28-20(26)12-21-8-15-7-16(9-21)11-22(27,10-15)14-21/h3-6,15-16,27H,7-14H2,1-2H3,(H,23,25)/t15-,16+,21?,22?. The van der Waals surface area contributed by atoms with Crippen LogP contribution in [0.2, 0.25) is 0 Å². The minimum atomic E-state index is -0.583. The number of nitrogens with one attached hydrogen (secondary N) is 1. The van der Waals surface area contributed by atoms with E-state index in [1.165, 1.54) is 6.42 Å². The molecule has 2 N–H and O–H groups in total. The van der Waals surface area contributed by atoms with E-state index in [0.717, 1.165) is 31.4 Å². The molecule has 0 saturated heterocycles. The number of anilines is 2. The largest absolute Gasteiger partial charge is 0.456 e. The van der Waals surface area contributed by atoms with Gasteiger partial charge in [0.15, 0.2) is 6.61 Å². The van der Waals surface area contributed by atoms with Crippen molar-refractivity contribution < 1.29 is 19.4 Å². The quantitative estimate of drug-likeness (QED) is 0.735. The van der Waals surface area contributed by atoms with Gasteiger partial charge in [0, 0.05) is 25.5 Å². The fourth-order valence-corrected chi connectivity index (χ4v) is 6.15. The zero-order valence-corrected chi connectivity index (χ0v) is 16.7. The fourth-order valence-electron chi connectivity index (χ4n) is 6.15. The highest BCUT2D eigenvalue weighted by Gasteiger charge is 2.57. The van der Waals surface area contributed by atoms with E-state index < -0.39 is 5.60 Å². The van der Waals surface area contributed by atoms with Crippen LogP contribution in [0.1, 0.15) is 44.9 Å². The number of carbonyl (C=O) groups is 2. The third-order valence-corrected chi connectivity index (χ3v) is 6.70. The molecule has 0 heterocycles. The average molecular weight is 386 g/mol. The van der Waals surface area contributed by atoms with Gasteiger partial charge in [0.1, 0.15) is 0 Å². The molecule has 1 amide bonds. The lowest BCUT2D eigenvalue weighted by Crippen LogP contribution is -2.56. The van der Waals surface area contributed by atoms with E-state index in [-0.39, 0.29) is 23.9 Å². The molecule has 5 rings (SSSR count). The normalized spacial score (nSPS) is 32.8. The highest BCUT2D eigenvalue weighted by atomic mass is 16.5. The van der Waals surface area contributed by atoms with Crippen LogP contribution in [0.4, 0.5) is 11.4 Å². The molecule has 6 heteroatoms. The van der Waals surface area contributed by atoms with Crippen LogP contribution in [0.3, 0.4) is 0 Å². The first-order valence-electron chi connectivity index (χ1n) is 10.2. The van der Waals surface area contributed by atoms with Crippen molar-refractivity contribution in [2.24, 2.45) is 17.3 Å².